The van der Waals surface area contributed by atoms with Crippen LogP contribution in [0.25, 0.3) is 0 Å². The highest BCUT2D eigenvalue weighted by Crippen LogP contribution is 2.21. The number of benzene rings is 1. The quantitative estimate of drug-likeness (QED) is 0.700. The van der Waals surface area contributed by atoms with Gasteiger partial charge in [0.05, 0.1) is 0 Å². The predicted octanol–water partition coefficient (Wildman–Crippen LogP) is 1.97. The van der Waals surface area contributed by atoms with Crippen LogP contribution in [0.4, 0.5) is 16.2 Å². The van der Waals surface area contributed by atoms with Crippen molar-refractivity contribution in [2.75, 3.05) is 36.9 Å². The summed E-state index contributed by atoms with van der Waals surface area (Å²) in [6.45, 7) is 2.24. The number of rotatable bonds is 6. The van der Waals surface area contributed by atoms with Crippen LogP contribution in [0, 0.1) is 0 Å². The lowest BCUT2D eigenvalue weighted by Gasteiger charge is -2.27. The number of hydrogen-bond donors (Lipinski definition) is 3. The molecule has 1 fully saturated rings. The molecule has 0 atom stereocenters. The van der Waals surface area contributed by atoms with E-state index in [4.69, 9.17) is 0 Å². The van der Waals surface area contributed by atoms with Gasteiger partial charge in [0.15, 0.2) is 0 Å². The largest absolute Gasteiger partial charge is 0.338 e. The van der Waals surface area contributed by atoms with E-state index in [0.717, 1.165) is 37.3 Å². The Morgan fingerprint density at radius 3 is 2.95 bits per heavy atom. The number of halogens is 1. The van der Waals surface area contributed by atoms with Gasteiger partial charge in [0.1, 0.15) is 0 Å². The predicted molar refractivity (Wildman–Crippen MR) is 90.8 cm³/mol. The van der Waals surface area contributed by atoms with Crippen LogP contribution in [0.2, 0.25) is 0 Å². The molecule has 0 aromatic heterocycles. The Bertz CT molecular complexity index is 510. The highest BCUT2D eigenvalue weighted by Gasteiger charge is 2.19. The molecule has 122 valence electrons. The summed E-state index contributed by atoms with van der Waals surface area (Å²) in [7, 11) is 1.87. The number of nitrogens with one attached hydrogen (secondary N) is 3. The van der Waals surface area contributed by atoms with Crippen LogP contribution in [-0.2, 0) is 4.79 Å². The van der Waals surface area contributed by atoms with Gasteiger partial charge in [0, 0.05) is 30.9 Å². The minimum absolute atomic E-state index is 0. The Labute approximate surface area is 137 Å². The lowest BCUT2D eigenvalue weighted by molar-refractivity contribution is -0.116. The molecule has 1 aliphatic rings. The van der Waals surface area contributed by atoms with Gasteiger partial charge in [-0.1, -0.05) is 6.07 Å². The van der Waals surface area contributed by atoms with Gasteiger partial charge in [0.2, 0.25) is 5.91 Å². The summed E-state index contributed by atoms with van der Waals surface area (Å²) in [5, 5.41) is 8.70. The molecule has 7 heteroatoms. The zero-order valence-electron chi connectivity index (χ0n) is 12.7. The lowest BCUT2D eigenvalue weighted by Crippen LogP contribution is -2.46. The summed E-state index contributed by atoms with van der Waals surface area (Å²) in [6, 6.07) is 7.31. The molecule has 0 spiro atoms. The summed E-state index contributed by atoms with van der Waals surface area (Å²) in [4.78, 5) is 25.3. The normalized spacial score (nSPS) is 14.0. The molecule has 0 aliphatic carbocycles. The molecule has 22 heavy (non-hydrogen) atoms. The first-order valence-electron chi connectivity index (χ1n) is 7.30. The van der Waals surface area contributed by atoms with Crippen LogP contribution >= 0.6 is 12.4 Å². The van der Waals surface area contributed by atoms with Crippen molar-refractivity contribution in [2.45, 2.75) is 19.3 Å². The molecule has 1 aromatic rings. The summed E-state index contributed by atoms with van der Waals surface area (Å²) in [5.41, 5.74) is 1.53. The third-order valence-corrected chi connectivity index (χ3v) is 3.35. The molecule has 0 unspecified atom stereocenters. The molecule has 1 aliphatic heterocycles. The maximum atomic E-state index is 11.8. The number of nitrogens with zero attached hydrogens (tertiary/aromatic N) is 1. The molecule has 3 N–H and O–H groups in total. The first-order valence-corrected chi connectivity index (χ1v) is 7.30. The summed E-state index contributed by atoms with van der Waals surface area (Å²) >= 11 is 0. The molecule has 3 amide bonds. The SMILES string of the molecule is CNCCCC(=O)Nc1cccc(N2CCCNC2=O)c1.Cl. The zero-order valence-corrected chi connectivity index (χ0v) is 13.5. The van der Waals surface area contributed by atoms with Crippen molar-refractivity contribution >= 4 is 35.7 Å². The third kappa shape index (κ3) is 5.20. The van der Waals surface area contributed by atoms with Crippen LogP contribution in [0.3, 0.4) is 0 Å². The van der Waals surface area contributed by atoms with Gasteiger partial charge < -0.3 is 16.0 Å². The van der Waals surface area contributed by atoms with E-state index in [-0.39, 0.29) is 24.3 Å². The Morgan fingerprint density at radius 1 is 1.41 bits per heavy atom. The molecule has 1 heterocycles. The van der Waals surface area contributed by atoms with Gasteiger partial charge in [-0.3, -0.25) is 9.69 Å². The number of amides is 3. The van der Waals surface area contributed by atoms with Crippen LogP contribution in [0.1, 0.15) is 19.3 Å². The second-order valence-electron chi connectivity index (χ2n) is 5.04. The molecular weight excluding hydrogens is 304 g/mol. The van der Waals surface area contributed by atoms with Gasteiger partial charge >= 0.3 is 6.03 Å². The number of carbonyl (C=O) groups excluding carboxylic acids is 2. The second-order valence-corrected chi connectivity index (χ2v) is 5.04. The zero-order chi connectivity index (χ0) is 15.1. The second kappa shape index (κ2) is 9.27. The number of hydrogen-bond acceptors (Lipinski definition) is 3. The molecule has 0 radical (unpaired) electrons. The summed E-state index contributed by atoms with van der Waals surface area (Å²) < 4.78 is 0. The Morgan fingerprint density at radius 2 is 2.23 bits per heavy atom. The smallest absolute Gasteiger partial charge is 0.321 e. The molecule has 1 aromatic carbocycles. The highest BCUT2D eigenvalue weighted by atomic mass is 35.5. The molecule has 0 bridgehead atoms. The molecule has 2 rings (SSSR count). The fraction of sp³-hybridized carbons (Fsp3) is 0.467. The van der Waals surface area contributed by atoms with Crippen LogP contribution < -0.4 is 20.9 Å². The van der Waals surface area contributed by atoms with E-state index in [1.54, 1.807) is 4.90 Å². The van der Waals surface area contributed by atoms with E-state index in [9.17, 15) is 9.59 Å². The van der Waals surface area contributed by atoms with Crippen molar-refractivity contribution < 1.29 is 9.59 Å². The first-order chi connectivity index (χ1) is 10.2. The minimum atomic E-state index is -0.0845. The highest BCUT2D eigenvalue weighted by molar-refractivity contribution is 5.95. The van der Waals surface area contributed by atoms with E-state index in [2.05, 4.69) is 16.0 Å². The van der Waals surface area contributed by atoms with Crippen LogP contribution in [0.5, 0.6) is 0 Å². The fourth-order valence-corrected chi connectivity index (χ4v) is 2.28. The average Bonchev–Trinajstić information content (AvgIpc) is 2.48. The minimum Gasteiger partial charge on any atom is -0.338 e. The molecular formula is C15H23ClN4O2. The van der Waals surface area contributed by atoms with E-state index in [0.29, 0.717) is 13.0 Å². The standard InChI is InChI=1S/C15H22N4O2.ClH/c1-16-8-3-7-14(20)18-12-5-2-6-13(11-12)19-10-4-9-17-15(19)21;/h2,5-6,11,16H,3-4,7-10H2,1H3,(H,17,21)(H,18,20);1H. The van der Waals surface area contributed by atoms with E-state index < -0.39 is 0 Å². The van der Waals surface area contributed by atoms with Crippen molar-refractivity contribution in [3.05, 3.63) is 24.3 Å². The van der Waals surface area contributed by atoms with Crippen molar-refractivity contribution in [1.82, 2.24) is 10.6 Å². The maximum Gasteiger partial charge on any atom is 0.321 e. The maximum absolute atomic E-state index is 11.8. The molecule has 0 saturated carbocycles. The van der Waals surface area contributed by atoms with Gasteiger partial charge in [-0.05, 0) is 44.6 Å². The van der Waals surface area contributed by atoms with Gasteiger partial charge in [0.25, 0.3) is 0 Å². The van der Waals surface area contributed by atoms with E-state index >= 15 is 0 Å². The lowest BCUT2D eigenvalue weighted by atomic mass is 10.2. The third-order valence-electron chi connectivity index (χ3n) is 3.35. The van der Waals surface area contributed by atoms with E-state index in [1.807, 2.05) is 31.3 Å². The Balaban J connectivity index is 0.00000242. The summed E-state index contributed by atoms with van der Waals surface area (Å²) in [6.07, 6.45) is 2.21. The van der Waals surface area contributed by atoms with Crippen LogP contribution in [0.15, 0.2) is 24.3 Å². The van der Waals surface area contributed by atoms with Gasteiger partial charge in [-0.15, -0.1) is 12.4 Å². The number of anilines is 2. The van der Waals surface area contributed by atoms with E-state index in [1.165, 1.54) is 0 Å². The van der Waals surface area contributed by atoms with Gasteiger partial charge in [-0.25, -0.2) is 4.79 Å². The number of urea groups is 1. The van der Waals surface area contributed by atoms with Crippen molar-refractivity contribution in [3.8, 4) is 0 Å². The topological polar surface area (TPSA) is 73.5 Å². The van der Waals surface area contributed by atoms with Crippen molar-refractivity contribution in [1.29, 1.82) is 0 Å². The molecule has 1 saturated heterocycles. The van der Waals surface area contributed by atoms with Crippen molar-refractivity contribution in [3.63, 3.8) is 0 Å². The van der Waals surface area contributed by atoms with Crippen LogP contribution in [-0.4, -0.2) is 38.6 Å². The monoisotopic (exact) mass is 326 g/mol. The number of carbonyl (C=O) groups is 2. The first kappa shape index (κ1) is 18.3. The molecule has 6 nitrogen and oxygen atoms in total. The van der Waals surface area contributed by atoms with Gasteiger partial charge in [-0.2, -0.15) is 0 Å². The Kier molecular flexibility index (Phi) is 7.70. The fourth-order valence-electron chi connectivity index (χ4n) is 2.28. The Hall–Kier alpha value is -1.79. The average molecular weight is 327 g/mol. The summed E-state index contributed by atoms with van der Waals surface area (Å²) in [5.74, 6) is -0.00880. The van der Waals surface area contributed by atoms with Crippen molar-refractivity contribution in [2.24, 2.45) is 0 Å².